The smallest absolute Gasteiger partial charge is 0.125 e. The molecule has 0 aliphatic heterocycles. The molecular formula is C14H23FN2. The molecule has 1 rings (SSSR count). The van der Waals surface area contributed by atoms with Crippen LogP contribution in [0.2, 0.25) is 0 Å². The van der Waals surface area contributed by atoms with Gasteiger partial charge in [-0.3, -0.25) is 0 Å². The van der Waals surface area contributed by atoms with Crippen LogP contribution in [0.15, 0.2) is 18.2 Å². The van der Waals surface area contributed by atoms with Gasteiger partial charge in [0.25, 0.3) is 0 Å². The first kappa shape index (κ1) is 13.8. The Morgan fingerprint density at radius 3 is 2.53 bits per heavy atom. The van der Waals surface area contributed by atoms with Gasteiger partial charge < -0.3 is 11.1 Å². The molecule has 0 aliphatic rings. The van der Waals surface area contributed by atoms with Gasteiger partial charge in [0.2, 0.25) is 0 Å². The van der Waals surface area contributed by atoms with Gasteiger partial charge in [-0.15, -0.1) is 0 Å². The number of rotatable bonds is 6. The molecule has 1 aromatic carbocycles. The van der Waals surface area contributed by atoms with Crippen LogP contribution in [0.4, 0.5) is 15.8 Å². The van der Waals surface area contributed by atoms with Gasteiger partial charge in [-0.2, -0.15) is 0 Å². The fraction of sp³-hybridized carbons (Fsp3) is 0.571. The predicted octanol–water partition coefficient (Wildman–Crippen LogP) is 4.03. The van der Waals surface area contributed by atoms with Crippen molar-refractivity contribution in [3.8, 4) is 0 Å². The summed E-state index contributed by atoms with van der Waals surface area (Å²) in [5.41, 5.74) is 7.04. The zero-order chi connectivity index (χ0) is 12.8. The summed E-state index contributed by atoms with van der Waals surface area (Å²) in [5.74, 6) is 0.457. The van der Waals surface area contributed by atoms with E-state index in [2.05, 4.69) is 26.1 Å². The Kier molecular flexibility index (Phi) is 5.26. The van der Waals surface area contributed by atoms with Crippen molar-refractivity contribution in [3.05, 3.63) is 24.0 Å². The number of nitrogen functional groups attached to an aromatic ring is 1. The van der Waals surface area contributed by atoms with Gasteiger partial charge in [-0.25, -0.2) is 4.39 Å². The molecule has 3 heteroatoms. The van der Waals surface area contributed by atoms with Gasteiger partial charge in [0.1, 0.15) is 5.82 Å². The second-order valence-corrected chi connectivity index (χ2v) is 5.10. The molecule has 0 saturated heterocycles. The van der Waals surface area contributed by atoms with Crippen LogP contribution in [-0.2, 0) is 0 Å². The van der Waals surface area contributed by atoms with E-state index in [1.807, 2.05) is 0 Å². The standard InChI is InChI=1S/C14H23FN2/c1-10(2)5-4-6-11(3)17-14-8-7-12(15)9-13(14)16/h7-11,17H,4-6,16H2,1-3H3. The van der Waals surface area contributed by atoms with Crippen molar-refractivity contribution in [2.24, 2.45) is 5.92 Å². The van der Waals surface area contributed by atoms with Gasteiger partial charge >= 0.3 is 0 Å². The van der Waals surface area contributed by atoms with Crippen LogP contribution in [0, 0.1) is 11.7 Å². The first-order valence-corrected chi connectivity index (χ1v) is 6.30. The molecular weight excluding hydrogens is 215 g/mol. The Morgan fingerprint density at radius 1 is 1.24 bits per heavy atom. The van der Waals surface area contributed by atoms with Crippen LogP contribution in [-0.4, -0.2) is 6.04 Å². The van der Waals surface area contributed by atoms with Crippen LogP contribution in [0.3, 0.4) is 0 Å². The number of nitrogens with two attached hydrogens (primary N) is 1. The molecule has 0 heterocycles. The Balaban J connectivity index is 2.42. The zero-order valence-electron chi connectivity index (χ0n) is 11.0. The van der Waals surface area contributed by atoms with Gasteiger partial charge in [0.05, 0.1) is 11.4 Å². The second kappa shape index (κ2) is 6.48. The third kappa shape index (κ3) is 5.07. The summed E-state index contributed by atoms with van der Waals surface area (Å²) in [4.78, 5) is 0. The van der Waals surface area contributed by atoms with Crippen molar-refractivity contribution in [2.45, 2.75) is 46.1 Å². The molecule has 96 valence electrons. The third-order valence-corrected chi connectivity index (χ3v) is 2.83. The Bertz CT molecular complexity index is 350. The molecule has 0 amide bonds. The lowest BCUT2D eigenvalue weighted by Crippen LogP contribution is -2.16. The van der Waals surface area contributed by atoms with Crippen LogP contribution >= 0.6 is 0 Å². The lowest BCUT2D eigenvalue weighted by Gasteiger charge is -2.17. The Morgan fingerprint density at radius 2 is 1.94 bits per heavy atom. The average Bonchev–Trinajstić information content (AvgIpc) is 2.21. The lowest BCUT2D eigenvalue weighted by molar-refractivity contribution is 0.520. The van der Waals surface area contributed by atoms with E-state index in [4.69, 9.17) is 5.73 Å². The molecule has 0 bridgehead atoms. The SMILES string of the molecule is CC(C)CCCC(C)Nc1ccc(F)cc1N. The first-order valence-electron chi connectivity index (χ1n) is 6.30. The van der Waals surface area contributed by atoms with E-state index >= 15 is 0 Å². The quantitative estimate of drug-likeness (QED) is 0.734. The minimum Gasteiger partial charge on any atom is -0.397 e. The van der Waals surface area contributed by atoms with E-state index in [9.17, 15) is 4.39 Å². The fourth-order valence-electron chi connectivity index (χ4n) is 1.83. The highest BCUT2D eigenvalue weighted by molar-refractivity contribution is 5.66. The molecule has 1 unspecified atom stereocenters. The number of benzene rings is 1. The third-order valence-electron chi connectivity index (χ3n) is 2.83. The maximum absolute atomic E-state index is 12.9. The molecule has 0 radical (unpaired) electrons. The van der Waals surface area contributed by atoms with Crippen molar-refractivity contribution < 1.29 is 4.39 Å². The van der Waals surface area contributed by atoms with E-state index in [-0.39, 0.29) is 5.82 Å². The Labute approximate surface area is 103 Å². The Hall–Kier alpha value is -1.25. The second-order valence-electron chi connectivity index (χ2n) is 5.10. The molecule has 1 atom stereocenters. The van der Waals surface area contributed by atoms with Crippen molar-refractivity contribution >= 4 is 11.4 Å². The molecule has 1 aromatic rings. The maximum Gasteiger partial charge on any atom is 0.125 e. The van der Waals surface area contributed by atoms with Crippen molar-refractivity contribution in [2.75, 3.05) is 11.1 Å². The van der Waals surface area contributed by atoms with Crippen LogP contribution < -0.4 is 11.1 Å². The van der Waals surface area contributed by atoms with Gasteiger partial charge in [0, 0.05) is 6.04 Å². The van der Waals surface area contributed by atoms with Gasteiger partial charge in [0.15, 0.2) is 0 Å². The summed E-state index contributed by atoms with van der Waals surface area (Å²) in [7, 11) is 0. The van der Waals surface area contributed by atoms with E-state index in [0.717, 1.165) is 18.0 Å². The number of nitrogens with one attached hydrogen (secondary N) is 1. The van der Waals surface area contributed by atoms with Crippen molar-refractivity contribution in [3.63, 3.8) is 0 Å². The van der Waals surface area contributed by atoms with E-state index < -0.39 is 0 Å². The van der Waals surface area contributed by atoms with Crippen LogP contribution in [0.25, 0.3) is 0 Å². The summed E-state index contributed by atoms with van der Waals surface area (Å²) >= 11 is 0. The summed E-state index contributed by atoms with van der Waals surface area (Å²) < 4.78 is 12.9. The minimum absolute atomic E-state index is 0.291. The molecule has 0 fully saturated rings. The molecule has 0 aromatic heterocycles. The van der Waals surface area contributed by atoms with Crippen molar-refractivity contribution in [1.29, 1.82) is 0 Å². The summed E-state index contributed by atoms with van der Waals surface area (Å²) in [6.07, 6.45) is 3.55. The minimum atomic E-state index is -0.291. The fourth-order valence-corrected chi connectivity index (χ4v) is 1.83. The average molecular weight is 238 g/mol. The summed E-state index contributed by atoms with van der Waals surface area (Å²) in [6.45, 7) is 6.59. The summed E-state index contributed by atoms with van der Waals surface area (Å²) in [6, 6.07) is 4.84. The monoisotopic (exact) mass is 238 g/mol. The molecule has 17 heavy (non-hydrogen) atoms. The highest BCUT2D eigenvalue weighted by Crippen LogP contribution is 2.21. The lowest BCUT2D eigenvalue weighted by atomic mass is 10.0. The molecule has 0 aliphatic carbocycles. The maximum atomic E-state index is 12.9. The molecule has 2 nitrogen and oxygen atoms in total. The number of hydrogen-bond donors (Lipinski definition) is 2. The largest absolute Gasteiger partial charge is 0.397 e. The number of anilines is 2. The normalized spacial score (nSPS) is 12.8. The van der Waals surface area contributed by atoms with Gasteiger partial charge in [-0.05, 0) is 37.5 Å². The highest BCUT2D eigenvalue weighted by Gasteiger charge is 2.06. The number of halogens is 1. The molecule has 3 N–H and O–H groups in total. The highest BCUT2D eigenvalue weighted by atomic mass is 19.1. The predicted molar refractivity (Wildman–Crippen MR) is 72.6 cm³/mol. The molecule has 0 spiro atoms. The van der Waals surface area contributed by atoms with E-state index in [0.29, 0.717) is 11.7 Å². The van der Waals surface area contributed by atoms with Gasteiger partial charge in [-0.1, -0.05) is 26.7 Å². The summed E-state index contributed by atoms with van der Waals surface area (Å²) in [5, 5.41) is 3.32. The topological polar surface area (TPSA) is 38.0 Å². The zero-order valence-corrected chi connectivity index (χ0v) is 11.0. The van der Waals surface area contributed by atoms with Crippen LogP contribution in [0.1, 0.15) is 40.0 Å². The molecule has 0 saturated carbocycles. The van der Waals surface area contributed by atoms with Crippen LogP contribution in [0.5, 0.6) is 0 Å². The van der Waals surface area contributed by atoms with E-state index in [1.165, 1.54) is 25.0 Å². The van der Waals surface area contributed by atoms with Crippen molar-refractivity contribution in [1.82, 2.24) is 0 Å². The number of hydrogen-bond acceptors (Lipinski definition) is 2. The first-order chi connectivity index (χ1) is 7.99. The van der Waals surface area contributed by atoms with E-state index in [1.54, 1.807) is 6.07 Å².